The van der Waals surface area contributed by atoms with E-state index < -0.39 is 5.91 Å². The molecule has 0 atom stereocenters. The summed E-state index contributed by atoms with van der Waals surface area (Å²) in [5.41, 5.74) is 2.27. The summed E-state index contributed by atoms with van der Waals surface area (Å²) < 4.78 is 10.5. The molecule has 116 valence electrons. The number of nitrogens with one attached hydrogen (secondary N) is 1. The first-order valence-corrected chi connectivity index (χ1v) is 7.02. The minimum atomic E-state index is -0.421. The van der Waals surface area contributed by atoms with Gasteiger partial charge in [-0.2, -0.15) is 0 Å². The molecule has 23 heavy (non-hydrogen) atoms. The first-order chi connectivity index (χ1) is 11.1. The van der Waals surface area contributed by atoms with Gasteiger partial charge in [-0.05, 0) is 35.4 Å². The zero-order valence-corrected chi connectivity index (χ0v) is 12.8. The Hall–Kier alpha value is -3.08. The van der Waals surface area contributed by atoms with Crippen LogP contribution in [-0.2, 0) is 4.79 Å². The SMILES string of the molecule is COc1cc(/C=C2\C(=O)NC(=O)c3ccccc32)cc(OC)c1. The van der Waals surface area contributed by atoms with Gasteiger partial charge in [-0.3, -0.25) is 14.9 Å². The Bertz CT molecular complexity index is 801. The Balaban J connectivity index is 2.14. The molecule has 0 spiro atoms. The summed E-state index contributed by atoms with van der Waals surface area (Å²) in [5, 5.41) is 2.35. The molecule has 1 aliphatic rings. The maximum Gasteiger partial charge on any atom is 0.258 e. The molecule has 5 heteroatoms. The summed E-state index contributed by atoms with van der Waals surface area (Å²) >= 11 is 0. The number of rotatable bonds is 3. The number of imide groups is 1. The van der Waals surface area contributed by atoms with E-state index >= 15 is 0 Å². The van der Waals surface area contributed by atoms with Crippen molar-refractivity contribution in [2.45, 2.75) is 0 Å². The first kappa shape index (κ1) is 14.8. The molecule has 0 saturated heterocycles. The predicted octanol–water partition coefficient (Wildman–Crippen LogP) is 2.51. The molecular weight excluding hydrogens is 294 g/mol. The Morgan fingerprint density at radius 2 is 1.48 bits per heavy atom. The van der Waals surface area contributed by atoms with Crippen LogP contribution in [0.4, 0.5) is 0 Å². The number of carbonyl (C=O) groups excluding carboxylic acids is 2. The highest BCUT2D eigenvalue weighted by molar-refractivity contribution is 6.33. The standard InChI is InChI=1S/C18H15NO4/c1-22-12-7-11(8-13(10-12)23-2)9-16-14-5-3-4-6-15(14)17(20)19-18(16)21/h3-10H,1-2H3,(H,19,20,21)/b16-9-. The summed E-state index contributed by atoms with van der Waals surface area (Å²) in [6, 6.07) is 12.3. The Morgan fingerprint density at radius 3 is 2.09 bits per heavy atom. The van der Waals surface area contributed by atoms with Crippen LogP contribution in [0, 0.1) is 0 Å². The van der Waals surface area contributed by atoms with E-state index in [0.717, 1.165) is 5.56 Å². The van der Waals surface area contributed by atoms with Crippen LogP contribution in [0.2, 0.25) is 0 Å². The van der Waals surface area contributed by atoms with Crippen LogP contribution in [0.1, 0.15) is 21.5 Å². The number of benzene rings is 2. The van der Waals surface area contributed by atoms with Crippen molar-refractivity contribution < 1.29 is 19.1 Å². The van der Waals surface area contributed by atoms with Crippen molar-refractivity contribution in [2.75, 3.05) is 14.2 Å². The minimum Gasteiger partial charge on any atom is -0.497 e. The van der Waals surface area contributed by atoms with Crippen LogP contribution in [0.15, 0.2) is 42.5 Å². The maximum atomic E-state index is 12.2. The summed E-state index contributed by atoms with van der Waals surface area (Å²) in [7, 11) is 3.12. The normalized spacial score (nSPS) is 15.1. The third kappa shape index (κ3) is 2.81. The topological polar surface area (TPSA) is 64.6 Å². The molecule has 0 saturated carbocycles. The highest BCUT2D eigenvalue weighted by atomic mass is 16.5. The molecule has 3 rings (SSSR count). The highest BCUT2D eigenvalue weighted by Gasteiger charge is 2.26. The molecule has 0 aromatic heterocycles. The monoisotopic (exact) mass is 309 g/mol. The quantitative estimate of drug-likeness (QED) is 0.699. The van der Waals surface area contributed by atoms with Crippen molar-refractivity contribution in [1.82, 2.24) is 5.32 Å². The molecule has 1 heterocycles. The van der Waals surface area contributed by atoms with Crippen LogP contribution in [0.5, 0.6) is 11.5 Å². The molecule has 1 aliphatic heterocycles. The van der Waals surface area contributed by atoms with Crippen LogP contribution in [0.25, 0.3) is 11.6 Å². The zero-order valence-electron chi connectivity index (χ0n) is 12.8. The molecule has 1 N–H and O–H groups in total. The lowest BCUT2D eigenvalue weighted by atomic mass is 9.93. The van der Waals surface area contributed by atoms with Crippen molar-refractivity contribution in [3.05, 3.63) is 59.2 Å². The van der Waals surface area contributed by atoms with Crippen molar-refractivity contribution in [2.24, 2.45) is 0 Å². The molecule has 2 aromatic rings. The molecule has 5 nitrogen and oxygen atoms in total. The molecule has 2 aromatic carbocycles. The van der Waals surface area contributed by atoms with Crippen molar-refractivity contribution >= 4 is 23.5 Å². The average molecular weight is 309 g/mol. The molecule has 0 bridgehead atoms. The Morgan fingerprint density at radius 1 is 0.870 bits per heavy atom. The van der Waals surface area contributed by atoms with Crippen LogP contribution < -0.4 is 14.8 Å². The van der Waals surface area contributed by atoms with E-state index in [1.54, 1.807) is 62.8 Å². The van der Waals surface area contributed by atoms with Gasteiger partial charge in [0, 0.05) is 17.2 Å². The van der Waals surface area contributed by atoms with Gasteiger partial charge in [0.15, 0.2) is 0 Å². The molecule has 0 radical (unpaired) electrons. The van der Waals surface area contributed by atoms with Gasteiger partial charge in [0.05, 0.1) is 14.2 Å². The van der Waals surface area contributed by atoms with Gasteiger partial charge in [0.25, 0.3) is 11.8 Å². The van der Waals surface area contributed by atoms with Crippen molar-refractivity contribution in [3.63, 3.8) is 0 Å². The van der Waals surface area contributed by atoms with Crippen LogP contribution >= 0.6 is 0 Å². The van der Waals surface area contributed by atoms with E-state index in [4.69, 9.17) is 9.47 Å². The van der Waals surface area contributed by atoms with Gasteiger partial charge in [0.1, 0.15) is 11.5 Å². The average Bonchev–Trinajstić information content (AvgIpc) is 2.58. The number of hydrogen-bond donors (Lipinski definition) is 1. The molecular formula is C18H15NO4. The van der Waals surface area contributed by atoms with E-state index in [2.05, 4.69) is 5.32 Å². The number of hydrogen-bond acceptors (Lipinski definition) is 4. The fraction of sp³-hybridized carbons (Fsp3) is 0.111. The second-order valence-corrected chi connectivity index (χ2v) is 5.03. The maximum absolute atomic E-state index is 12.2. The largest absolute Gasteiger partial charge is 0.497 e. The fourth-order valence-electron chi connectivity index (χ4n) is 2.50. The van der Waals surface area contributed by atoms with Crippen molar-refractivity contribution in [1.29, 1.82) is 0 Å². The van der Waals surface area contributed by atoms with Crippen molar-refractivity contribution in [3.8, 4) is 11.5 Å². The highest BCUT2D eigenvalue weighted by Crippen LogP contribution is 2.29. The summed E-state index contributed by atoms with van der Waals surface area (Å²) in [6.07, 6.45) is 1.71. The van der Waals surface area contributed by atoms with E-state index in [-0.39, 0.29) is 5.91 Å². The van der Waals surface area contributed by atoms with Gasteiger partial charge in [-0.1, -0.05) is 18.2 Å². The second-order valence-electron chi connectivity index (χ2n) is 5.03. The van der Waals surface area contributed by atoms with Gasteiger partial charge in [-0.25, -0.2) is 0 Å². The third-order valence-electron chi connectivity index (χ3n) is 3.62. The lowest BCUT2D eigenvalue weighted by Crippen LogP contribution is -2.36. The van der Waals surface area contributed by atoms with E-state index in [1.807, 2.05) is 0 Å². The van der Waals surface area contributed by atoms with Gasteiger partial charge >= 0.3 is 0 Å². The van der Waals surface area contributed by atoms with Gasteiger partial charge in [0.2, 0.25) is 0 Å². The Labute approximate surface area is 133 Å². The molecule has 0 unspecified atom stereocenters. The van der Waals surface area contributed by atoms with Crippen LogP contribution in [0.3, 0.4) is 0 Å². The number of amides is 2. The number of fused-ring (bicyclic) bond motifs is 1. The van der Waals surface area contributed by atoms with Gasteiger partial charge in [-0.15, -0.1) is 0 Å². The minimum absolute atomic E-state index is 0.383. The van der Waals surface area contributed by atoms with Gasteiger partial charge < -0.3 is 9.47 Å². The molecule has 0 fully saturated rings. The smallest absolute Gasteiger partial charge is 0.258 e. The van der Waals surface area contributed by atoms with E-state index in [0.29, 0.717) is 28.2 Å². The van der Waals surface area contributed by atoms with Crippen LogP contribution in [-0.4, -0.2) is 26.0 Å². The Kier molecular flexibility index (Phi) is 3.85. The number of ether oxygens (including phenoxy) is 2. The summed E-state index contributed by atoms with van der Waals surface area (Å²) in [6.45, 7) is 0. The lowest BCUT2D eigenvalue weighted by molar-refractivity contribution is -0.114. The zero-order chi connectivity index (χ0) is 16.4. The number of methoxy groups -OCH3 is 2. The number of carbonyl (C=O) groups is 2. The molecule has 0 aliphatic carbocycles. The van der Waals surface area contributed by atoms with E-state index in [1.165, 1.54) is 0 Å². The third-order valence-corrected chi connectivity index (χ3v) is 3.62. The fourth-order valence-corrected chi connectivity index (χ4v) is 2.50. The summed E-state index contributed by atoms with van der Waals surface area (Å²) in [5.74, 6) is 0.440. The summed E-state index contributed by atoms with van der Waals surface area (Å²) in [4.78, 5) is 24.1. The molecule has 2 amide bonds. The van der Waals surface area contributed by atoms with E-state index in [9.17, 15) is 9.59 Å². The second kappa shape index (κ2) is 5.96. The predicted molar refractivity (Wildman–Crippen MR) is 86.3 cm³/mol. The first-order valence-electron chi connectivity index (χ1n) is 7.02. The lowest BCUT2D eigenvalue weighted by Gasteiger charge is -2.18.